The molecular weight excluding hydrogens is 296 g/mol. The van der Waals surface area contributed by atoms with Crippen LogP contribution in [0.4, 0.5) is 11.5 Å². The summed E-state index contributed by atoms with van der Waals surface area (Å²) in [5, 5.41) is 0. The average Bonchev–Trinajstić information content (AvgIpc) is 2.58. The quantitative estimate of drug-likeness (QED) is 0.532. The number of aryl methyl sites for hydroxylation is 3. The van der Waals surface area contributed by atoms with E-state index in [0.29, 0.717) is 0 Å². The second kappa shape index (κ2) is 8.96. The van der Waals surface area contributed by atoms with Crippen molar-refractivity contribution in [3.8, 4) is 0 Å². The van der Waals surface area contributed by atoms with Crippen molar-refractivity contribution in [3.63, 3.8) is 0 Å². The summed E-state index contributed by atoms with van der Waals surface area (Å²) >= 11 is 0. The second-order valence-electron chi connectivity index (χ2n) is 6.03. The monoisotopic (exact) mass is 322 g/mol. The van der Waals surface area contributed by atoms with Gasteiger partial charge in [0.05, 0.1) is 18.4 Å². The van der Waals surface area contributed by atoms with Crippen molar-refractivity contribution in [3.05, 3.63) is 53.2 Å². The largest absolute Gasteiger partial charge is 0.326 e. The second-order valence-corrected chi connectivity index (χ2v) is 6.03. The third-order valence-corrected chi connectivity index (χ3v) is 3.76. The molecule has 0 saturated heterocycles. The number of hydrogen-bond acceptors (Lipinski definition) is 3. The van der Waals surface area contributed by atoms with E-state index in [1.807, 2.05) is 24.1 Å². The molecule has 24 heavy (non-hydrogen) atoms. The highest BCUT2D eigenvalue weighted by Gasteiger charge is 2.01. The van der Waals surface area contributed by atoms with Gasteiger partial charge in [-0.15, -0.1) is 0 Å². The Balaban J connectivity index is 2.05. The zero-order valence-electron chi connectivity index (χ0n) is 15.0. The number of rotatable bonds is 7. The lowest BCUT2D eigenvalue weighted by atomic mass is 10.1. The molecule has 4 nitrogen and oxygen atoms in total. The molecule has 0 spiro atoms. The molecule has 2 aromatic rings. The van der Waals surface area contributed by atoms with Crippen LogP contribution in [0.15, 0.2) is 46.5 Å². The first-order valence-corrected chi connectivity index (χ1v) is 8.41. The van der Waals surface area contributed by atoms with E-state index in [0.717, 1.165) is 24.3 Å². The fourth-order valence-corrected chi connectivity index (χ4v) is 2.39. The number of benzene rings is 1. The summed E-state index contributed by atoms with van der Waals surface area (Å²) in [5.41, 5.74) is 4.58. The van der Waals surface area contributed by atoms with E-state index in [-0.39, 0.29) is 0 Å². The number of nitrogens with zero attached hydrogens (tertiary/aromatic N) is 4. The van der Waals surface area contributed by atoms with Crippen LogP contribution in [0.25, 0.3) is 0 Å². The van der Waals surface area contributed by atoms with Gasteiger partial charge in [0.1, 0.15) is 0 Å². The van der Waals surface area contributed by atoms with Crippen molar-refractivity contribution in [2.75, 3.05) is 7.05 Å². The standard InChI is InChI=1S/C20H26N4/c1-5-6-8-18-9-7-12-21-20(18)23-15-24(4)14-22-19-11-10-16(2)13-17(19)3/h7,9-15H,5-6,8H2,1-4H3. The van der Waals surface area contributed by atoms with Crippen molar-refractivity contribution in [1.29, 1.82) is 0 Å². The molecule has 0 saturated carbocycles. The molecule has 0 aliphatic rings. The van der Waals surface area contributed by atoms with Gasteiger partial charge < -0.3 is 4.90 Å². The Bertz CT molecular complexity index is 719. The van der Waals surface area contributed by atoms with E-state index >= 15 is 0 Å². The molecule has 0 fully saturated rings. The van der Waals surface area contributed by atoms with E-state index in [4.69, 9.17) is 0 Å². The fraction of sp³-hybridized carbons (Fsp3) is 0.350. The molecule has 2 rings (SSSR count). The molecule has 0 N–H and O–H groups in total. The summed E-state index contributed by atoms with van der Waals surface area (Å²) in [7, 11) is 1.92. The van der Waals surface area contributed by atoms with Gasteiger partial charge in [0, 0.05) is 13.2 Å². The molecular formula is C20H26N4. The predicted molar refractivity (Wildman–Crippen MR) is 103 cm³/mol. The van der Waals surface area contributed by atoms with Crippen molar-refractivity contribution >= 4 is 24.2 Å². The zero-order valence-corrected chi connectivity index (χ0v) is 15.0. The lowest BCUT2D eigenvalue weighted by Crippen LogP contribution is -2.12. The Hall–Kier alpha value is -2.49. The lowest BCUT2D eigenvalue weighted by Gasteiger charge is -2.08. The van der Waals surface area contributed by atoms with Crippen LogP contribution >= 0.6 is 0 Å². The van der Waals surface area contributed by atoms with E-state index in [2.05, 4.69) is 53.9 Å². The third-order valence-electron chi connectivity index (χ3n) is 3.76. The molecule has 0 unspecified atom stereocenters. The van der Waals surface area contributed by atoms with Gasteiger partial charge in [0.2, 0.25) is 0 Å². The maximum absolute atomic E-state index is 4.52. The summed E-state index contributed by atoms with van der Waals surface area (Å²) in [5.74, 6) is 0.790. The summed E-state index contributed by atoms with van der Waals surface area (Å²) in [4.78, 5) is 15.2. The topological polar surface area (TPSA) is 40.9 Å². The molecule has 126 valence electrons. The molecule has 0 atom stereocenters. The third kappa shape index (κ3) is 5.30. The molecule has 0 bridgehead atoms. The van der Waals surface area contributed by atoms with Crippen LogP contribution < -0.4 is 0 Å². The van der Waals surface area contributed by atoms with E-state index in [9.17, 15) is 0 Å². The maximum Gasteiger partial charge on any atom is 0.156 e. The first-order valence-electron chi connectivity index (χ1n) is 8.41. The van der Waals surface area contributed by atoms with Crippen LogP contribution in [0.5, 0.6) is 0 Å². The highest BCUT2D eigenvalue weighted by atomic mass is 15.2. The normalized spacial score (nSPS) is 11.5. The van der Waals surface area contributed by atoms with Gasteiger partial charge in [-0.25, -0.2) is 15.0 Å². The Morgan fingerprint density at radius 3 is 2.67 bits per heavy atom. The smallest absolute Gasteiger partial charge is 0.156 e. The van der Waals surface area contributed by atoms with Gasteiger partial charge in [-0.05, 0) is 49.9 Å². The SMILES string of the molecule is CCCCc1cccnc1N=CN(C)C=Nc1ccc(C)cc1C. The van der Waals surface area contributed by atoms with Crippen molar-refractivity contribution in [2.24, 2.45) is 9.98 Å². The molecule has 1 heterocycles. The number of hydrogen-bond donors (Lipinski definition) is 0. The minimum Gasteiger partial charge on any atom is -0.326 e. The Morgan fingerprint density at radius 2 is 1.92 bits per heavy atom. The minimum absolute atomic E-state index is 0.790. The molecule has 1 aromatic heterocycles. The molecule has 0 amide bonds. The number of unbranched alkanes of at least 4 members (excludes halogenated alkanes) is 1. The highest BCUT2D eigenvalue weighted by molar-refractivity contribution is 5.78. The molecule has 4 heteroatoms. The summed E-state index contributed by atoms with van der Waals surface area (Å²) in [6, 6.07) is 10.3. The van der Waals surface area contributed by atoms with Gasteiger partial charge in [0.25, 0.3) is 0 Å². The van der Waals surface area contributed by atoms with Crippen LogP contribution in [0.3, 0.4) is 0 Å². The number of aliphatic imine (C=N–C) groups is 2. The molecule has 0 aliphatic carbocycles. The van der Waals surface area contributed by atoms with Crippen molar-refractivity contribution in [2.45, 2.75) is 40.0 Å². The molecule has 1 aromatic carbocycles. The predicted octanol–water partition coefficient (Wildman–Crippen LogP) is 4.99. The summed E-state index contributed by atoms with van der Waals surface area (Å²) in [6.45, 7) is 6.35. The van der Waals surface area contributed by atoms with Crippen molar-refractivity contribution in [1.82, 2.24) is 9.88 Å². The van der Waals surface area contributed by atoms with Gasteiger partial charge in [-0.1, -0.05) is 37.1 Å². The van der Waals surface area contributed by atoms with Crippen LogP contribution in [0, 0.1) is 13.8 Å². The number of pyridine rings is 1. The number of aromatic nitrogens is 1. The first-order chi connectivity index (χ1) is 11.6. The minimum atomic E-state index is 0.790. The Kier molecular flexibility index (Phi) is 6.67. The fourth-order valence-electron chi connectivity index (χ4n) is 2.39. The molecule has 0 radical (unpaired) electrons. The first kappa shape index (κ1) is 17.9. The van der Waals surface area contributed by atoms with Gasteiger partial charge >= 0.3 is 0 Å². The van der Waals surface area contributed by atoms with Gasteiger partial charge in [0.15, 0.2) is 5.82 Å². The zero-order chi connectivity index (χ0) is 17.4. The van der Waals surface area contributed by atoms with Crippen LogP contribution in [0.1, 0.15) is 36.5 Å². The molecule has 0 aliphatic heterocycles. The Morgan fingerprint density at radius 1 is 1.12 bits per heavy atom. The van der Waals surface area contributed by atoms with Crippen LogP contribution in [-0.2, 0) is 6.42 Å². The van der Waals surface area contributed by atoms with E-state index in [1.54, 1.807) is 18.9 Å². The highest BCUT2D eigenvalue weighted by Crippen LogP contribution is 2.19. The maximum atomic E-state index is 4.52. The van der Waals surface area contributed by atoms with E-state index < -0.39 is 0 Å². The average molecular weight is 322 g/mol. The van der Waals surface area contributed by atoms with Crippen LogP contribution in [0.2, 0.25) is 0 Å². The van der Waals surface area contributed by atoms with E-state index in [1.165, 1.54) is 23.1 Å². The van der Waals surface area contributed by atoms with Crippen LogP contribution in [-0.4, -0.2) is 29.6 Å². The lowest BCUT2D eigenvalue weighted by molar-refractivity contribution is 0.787. The van der Waals surface area contributed by atoms with Gasteiger partial charge in [-0.2, -0.15) is 0 Å². The summed E-state index contributed by atoms with van der Waals surface area (Å²) in [6.07, 6.45) is 8.64. The van der Waals surface area contributed by atoms with Gasteiger partial charge in [-0.3, -0.25) is 0 Å². The Labute approximate surface area is 145 Å². The van der Waals surface area contributed by atoms with Crippen molar-refractivity contribution < 1.29 is 0 Å². The summed E-state index contributed by atoms with van der Waals surface area (Å²) < 4.78 is 0.